The lowest BCUT2D eigenvalue weighted by Gasteiger charge is -2.10. The van der Waals surface area contributed by atoms with Gasteiger partial charge in [0.15, 0.2) is 0 Å². The van der Waals surface area contributed by atoms with E-state index in [4.69, 9.17) is 4.74 Å². The van der Waals surface area contributed by atoms with Crippen LogP contribution in [0.1, 0.15) is 32.6 Å². The molecule has 2 amide bonds. The predicted molar refractivity (Wildman–Crippen MR) is 59.9 cm³/mol. The molecule has 1 aliphatic heterocycles. The minimum Gasteiger partial charge on any atom is -0.368 e. The van der Waals surface area contributed by atoms with Crippen molar-refractivity contribution in [1.82, 2.24) is 10.6 Å². The van der Waals surface area contributed by atoms with Crippen LogP contribution in [-0.4, -0.2) is 37.6 Å². The van der Waals surface area contributed by atoms with Crippen molar-refractivity contribution in [3.8, 4) is 0 Å². The molecule has 1 atom stereocenters. The van der Waals surface area contributed by atoms with Gasteiger partial charge in [0.05, 0.1) is 0 Å². The van der Waals surface area contributed by atoms with Crippen LogP contribution in [0.2, 0.25) is 0 Å². The van der Waals surface area contributed by atoms with Gasteiger partial charge in [-0.15, -0.1) is 0 Å². The highest BCUT2D eigenvalue weighted by molar-refractivity contribution is 5.82. The molecule has 0 unspecified atom stereocenters. The predicted octanol–water partition coefficient (Wildman–Crippen LogP) is 0.198. The van der Waals surface area contributed by atoms with Gasteiger partial charge in [-0.25, -0.2) is 0 Å². The lowest BCUT2D eigenvalue weighted by Crippen LogP contribution is -2.36. The number of carbonyl (C=O) groups is 2. The Morgan fingerprint density at radius 3 is 2.75 bits per heavy atom. The summed E-state index contributed by atoms with van der Waals surface area (Å²) < 4.78 is 5.22. The third-order valence-electron chi connectivity index (χ3n) is 2.45. The number of hydrogen-bond donors (Lipinski definition) is 2. The molecule has 5 nitrogen and oxygen atoms in total. The summed E-state index contributed by atoms with van der Waals surface area (Å²) in [5.41, 5.74) is 0. The molecule has 1 heterocycles. The van der Waals surface area contributed by atoms with E-state index in [0.29, 0.717) is 26.1 Å². The smallest absolute Gasteiger partial charge is 0.249 e. The van der Waals surface area contributed by atoms with Crippen molar-refractivity contribution in [3.05, 3.63) is 0 Å². The lowest BCUT2D eigenvalue weighted by atomic mass is 10.2. The van der Waals surface area contributed by atoms with Gasteiger partial charge in [-0.3, -0.25) is 9.59 Å². The van der Waals surface area contributed by atoms with Gasteiger partial charge < -0.3 is 15.4 Å². The first kappa shape index (κ1) is 13.0. The topological polar surface area (TPSA) is 67.4 Å². The molecule has 2 N–H and O–H groups in total. The molecular formula is C11H20N2O3. The van der Waals surface area contributed by atoms with Crippen molar-refractivity contribution in [1.29, 1.82) is 0 Å². The second-order valence-electron chi connectivity index (χ2n) is 3.89. The maximum Gasteiger partial charge on any atom is 0.249 e. The zero-order chi connectivity index (χ0) is 11.8. The molecule has 92 valence electrons. The fraction of sp³-hybridized carbons (Fsp3) is 0.818. The van der Waals surface area contributed by atoms with E-state index in [9.17, 15) is 9.59 Å². The van der Waals surface area contributed by atoms with Crippen LogP contribution in [0.4, 0.5) is 0 Å². The molecule has 0 aromatic carbocycles. The zero-order valence-corrected chi connectivity index (χ0v) is 9.75. The van der Waals surface area contributed by atoms with Crippen molar-refractivity contribution in [2.45, 2.75) is 38.7 Å². The first-order chi connectivity index (χ1) is 7.74. The quantitative estimate of drug-likeness (QED) is 0.682. The highest BCUT2D eigenvalue weighted by Crippen LogP contribution is 2.11. The Hall–Kier alpha value is -1.10. The molecule has 0 spiro atoms. The normalized spacial score (nSPS) is 19.4. The van der Waals surface area contributed by atoms with E-state index in [2.05, 4.69) is 10.6 Å². The average molecular weight is 228 g/mol. The van der Waals surface area contributed by atoms with Crippen LogP contribution in [0, 0.1) is 0 Å². The number of ether oxygens (including phenoxy) is 1. The standard InChI is InChI=1S/C11H20N2O3/c1-2-6-12-10(14)5-7-13-11(15)9-4-3-8-16-9/h9H,2-8H2,1H3,(H,12,14)(H,13,15)/t9-/m1/s1. The largest absolute Gasteiger partial charge is 0.368 e. The van der Waals surface area contributed by atoms with E-state index < -0.39 is 0 Å². The van der Waals surface area contributed by atoms with E-state index >= 15 is 0 Å². The maximum atomic E-state index is 11.5. The van der Waals surface area contributed by atoms with Crippen LogP contribution in [0.25, 0.3) is 0 Å². The highest BCUT2D eigenvalue weighted by Gasteiger charge is 2.22. The molecule has 0 radical (unpaired) electrons. The number of amides is 2. The summed E-state index contributed by atoms with van der Waals surface area (Å²) in [6, 6.07) is 0. The number of carbonyl (C=O) groups excluding carboxylic acids is 2. The van der Waals surface area contributed by atoms with E-state index in [0.717, 1.165) is 19.3 Å². The molecule has 1 fully saturated rings. The summed E-state index contributed by atoms with van der Waals surface area (Å²) in [5.74, 6) is -0.115. The molecule has 5 heteroatoms. The Balaban J connectivity index is 2.05. The molecule has 16 heavy (non-hydrogen) atoms. The number of rotatable bonds is 6. The fourth-order valence-electron chi connectivity index (χ4n) is 1.55. The van der Waals surface area contributed by atoms with Gasteiger partial charge in [0.25, 0.3) is 0 Å². The molecule has 0 aliphatic carbocycles. The van der Waals surface area contributed by atoms with Crippen molar-refractivity contribution in [3.63, 3.8) is 0 Å². The first-order valence-corrected chi connectivity index (χ1v) is 5.90. The van der Waals surface area contributed by atoms with Crippen LogP contribution in [0.5, 0.6) is 0 Å². The fourth-order valence-corrected chi connectivity index (χ4v) is 1.55. The van der Waals surface area contributed by atoms with Gasteiger partial charge in [-0.2, -0.15) is 0 Å². The van der Waals surface area contributed by atoms with Crippen LogP contribution in [-0.2, 0) is 14.3 Å². The number of nitrogens with one attached hydrogen (secondary N) is 2. The summed E-state index contributed by atoms with van der Waals surface area (Å²) in [4.78, 5) is 22.7. The lowest BCUT2D eigenvalue weighted by molar-refractivity contribution is -0.130. The van der Waals surface area contributed by atoms with E-state index in [1.165, 1.54) is 0 Å². The van der Waals surface area contributed by atoms with Crippen LogP contribution < -0.4 is 10.6 Å². The van der Waals surface area contributed by atoms with Gasteiger partial charge in [0, 0.05) is 26.1 Å². The summed E-state index contributed by atoms with van der Waals surface area (Å²) in [7, 11) is 0. The minimum absolute atomic E-state index is 0.0190. The van der Waals surface area contributed by atoms with E-state index in [-0.39, 0.29) is 17.9 Å². The zero-order valence-electron chi connectivity index (χ0n) is 9.75. The van der Waals surface area contributed by atoms with Gasteiger partial charge in [-0.05, 0) is 19.3 Å². The minimum atomic E-state index is -0.307. The molecule has 1 rings (SSSR count). The van der Waals surface area contributed by atoms with Gasteiger partial charge >= 0.3 is 0 Å². The van der Waals surface area contributed by atoms with Crippen molar-refractivity contribution >= 4 is 11.8 Å². The van der Waals surface area contributed by atoms with Gasteiger partial charge in [0.1, 0.15) is 6.10 Å². The van der Waals surface area contributed by atoms with E-state index in [1.807, 2.05) is 6.92 Å². The van der Waals surface area contributed by atoms with Crippen molar-refractivity contribution in [2.75, 3.05) is 19.7 Å². The Morgan fingerprint density at radius 1 is 1.31 bits per heavy atom. The van der Waals surface area contributed by atoms with Crippen molar-refractivity contribution < 1.29 is 14.3 Å². The second-order valence-corrected chi connectivity index (χ2v) is 3.89. The van der Waals surface area contributed by atoms with Gasteiger partial charge in [0.2, 0.25) is 11.8 Å². The Labute approximate surface area is 95.9 Å². The highest BCUT2D eigenvalue weighted by atomic mass is 16.5. The summed E-state index contributed by atoms with van der Waals surface area (Å²) in [6.45, 7) is 3.74. The van der Waals surface area contributed by atoms with Crippen LogP contribution in [0.3, 0.4) is 0 Å². The first-order valence-electron chi connectivity index (χ1n) is 5.90. The molecule has 1 saturated heterocycles. The average Bonchev–Trinajstić information content (AvgIpc) is 2.79. The number of hydrogen-bond acceptors (Lipinski definition) is 3. The van der Waals surface area contributed by atoms with Crippen molar-refractivity contribution in [2.24, 2.45) is 0 Å². The summed E-state index contributed by atoms with van der Waals surface area (Å²) in [5, 5.41) is 5.46. The maximum absolute atomic E-state index is 11.5. The summed E-state index contributed by atoms with van der Waals surface area (Å²) in [6.07, 6.45) is 2.67. The van der Waals surface area contributed by atoms with Crippen LogP contribution in [0.15, 0.2) is 0 Å². The monoisotopic (exact) mass is 228 g/mol. The Bertz CT molecular complexity index is 237. The molecule has 1 aliphatic rings. The third-order valence-corrected chi connectivity index (χ3v) is 2.45. The SMILES string of the molecule is CCCNC(=O)CCNC(=O)[C@H]1CCCO1. The Morgan fingerprint density at radius 2 is 2.12 bits per heavy atom. The van der Waals surface area contributed by atoms with Crippen LogP contribution >= 0.6 is 0 Å². The third kappa shape index (κ3) is 4.61. The van der Waals surface area contributed by atoms with Gasteiger partial charge in [-0.1, -0.05) is 6.92 Å². The second kappa shape index (κ2) is 7.22. The molecule has 0 saturated carbocycles. The molecule has 0 aromatic rings. The molecular weight excluding hydrogens is 208 g/mol. The Kier molecular flexibility index (Phi) is 5.85. The van der Waals surface area contributed by atoms with E-state index in [1.54, 1.807) is 0 Å². The molecule has 0 aromatic heterocycles. The summed E-state index contributed by atoms with van der Waals surface area (Å²) >= 11 is 0. The molecule has 0 bridgehead atoms.